The van der Waals surface area contributed by atoms with Gasteiger partial charge in [-0.1, -0.05) is 6.92 Å². The average molecular weight is 176 g/mol. The van der Waals surface area contributed by atoms with E-state index in [4.69, 9.17) is 10.8 Å². The predicted octanol–water partition coefficient (Wildman–Crippen LogP) is 0.423. The maximum atomic E-state index is 9.87. The Morgan fingerprint density at radius 2 is 1.92 bits per heavy atom. The molecule has 0 aliphatic heterocycles. The monoisotopic (exact) mass is 176 g/mol. The first-order chi connectivity index (χ1) is 5.45. The topological polar surface area (TPSA) is 75.3 Å². The van der Waals surface area contributed by atoms with E-state index in [1.54, 1.807) is 14.0 Å². The molecule has 4 N–H and O–H groups in total. The maximum absolute atomic E-state index is 9.87. The predicted molar refractivity (Wildman–Crippen MR) is 50.1 cm³/mol. The van der Waals surface area contributed by atoms with Gasteiger partial charge in [0.2, 0.25) is 0 Å². The summed E-state index contributed by atoms with van der Waals surface area (Å²) in [7, 11) is 1.61. The average Bonchev–Trinajstić information content (AvgIpc) is 2.04. The van der Waals surface area contributed by atoms with Crippen molar-refractivity contribution in [1.82, 2.24) is 5.32 Å². The molecule has 0 aliphatic carbocycles. The summed E-state index contributed by atoms with van der Waals surface area (Å²) in [5.41, 5.74) is 5.29. The number of hydrogen-bond donors (Lipinski definition) is 3. The molecule has 2 atom stereocenters. The number of likely N-dealkylation sites (N-methyl/N-ethyl adjacent to an activating group) is 1. The van der Waals surface area contributed by atoms with E-state index in [2.05, 4.69) is 12.2 Å². The quantitative estimate of drug-likeness (QED) is 0.582. The smallest absolute Gasteiger partial charge is 0.320 e. The molecule has 0 fully saturated rings. The van der Waals surface area contributed by atoms with E-state index < -0.39 is 12.0 Å². The molecular weight excluding hydrogens is 156 g/mol. The number of rotatable bonds is 3. The number of nitrogens with one attached hydrogen (secondary N) is 1. The highest BCUT2D eigenvalue weighted by molar-refractivity contribution is 5.72. The van der Waals surface area contributed by atoms with Crippen LogP contribution in [0.5, 0.6) is 0 Å². The Kier molecular flexibility index (Phi) is 9.86. The molecule has 0 amide bonds. The van der Waals surface area contributed by atoms with Crippen LogP contribution in [0.15, 0.2) is 0 Å². The van der Waals surface area contributed by atoms with E-state index in [1.165, 1.54) is 0 Å². The maximum Gasteiger partial charge on any atom is 0.320 e. The number of hydrogen-bond acceptors (Lipinski definition) is 3. The number of nitrogens with two attached hydrogens (primary N) is 1. The Morgan fingerprint density at radius 1 is 1.58 bits per heavy atom. The van der Waals surface area contributed by atoms with Crippen LogP contribution >= 0.6 is 0 Å². The highest BCUT2D eigenvalue weighted by atomic mass is 16.4. The third kappa shape index (κ3) is 12.1. The summed E-state index contributed by atoms with van der Waals surface area (Å²) in [5, 5.41) is 10.7. The molecule has 2 unspecified atom stereocenters. The lowest BCUT2D eigenvalue weighted by Gasteiger charge is -1.99. The minimum absolute atomic E-state index is 0.384. The zero-order valence-electron chi connectivity index (χ0n) is 8.29. The van der Waals surface area contributed by atoms with E-state index in [0.717, 1.165) is 6.42 Å². The van der Waals surface area contributed by atoms with Gasteiger partial charge in [0.05, 0.1) is 0 Å². The van der Waals surface area contributed by atoms with Crippen molar-refractivity contribution in [3.05, 3.63) is 0 Å². The molecule has 0 aliphatic rings. The number of carboxylic acid groups (broad SMARTS) is 1. The van der Waals surface area contributed by atoms with Crippen LogP contribution < -0.4 is 11.1 Å². The Hall–Kier alpha value is -0.610. The lowest BCUT2D eigenvalue weighted by atomic mass is 10.3. The van der Waals surface area contributed by atoms with E-state index in [0.29, 0.717) is 6.04 Å². The van der Waals surface area contributed by atoms with E-state index in [1.807, 2.05) is 6.92 Å². The van der Waals surface area contributed by atoms with Gasteiger partial charge in [-0.25, -0.2) is 0 Å². The van der Waals surface area contributed by atoms with Gasteiger partial charge >= 0.3 is 5.97 Å². The van der Waals surface area contributed by atoms with Crippen LogP contribution in [-0.4, -0.2) is 30.2 Å². The van der Waals surface area contributed by atoms with Crippen LogP contribution in [0.25, 0.3) is 0 Å². The van der Waals surface area contributed by atoms with Crippen LogP contribution in [0.3, 0.4) is 0 Å². The van der Waals surface area contributed by atoms with Gasteiger partial charge in [0.15, 0.2) is 0 Å². The van der Waals surface area contributed by atoms with Crippen LogP contribution in [0.2, 0.25) is 0 Å². The standard InChI is InChI=1S/C4H9NO2.C4H11N/c1-3(5-2)4(6)7;1-3-4(2)5/h3,5H,1-2H3,(H,6,7);4H,3,5H2,1-2H3. The first-order valence-electron chi connectivity index (χ1n) is 4.11. The fraction of sp³-hybridized carbons (Fsp3) is 0.875. The summed E-state index contributed by atoms with van der Waals surface area (Å²) in [6, 6.07) is -0.0463. The fourth-order valence-electron chi connectivity index (χ4n) is 0.123. The summed E-state index contributed by atoms with van der Waals surface area (Å²) in [6.07, 6.45) is 1.08. The van der Waals surface area contributed by atoms with Crippen molar-refractivity contribution in [2.45, 2.75) is 39.3 Å². The molecule has 0 aromatic rings. The Balaban J connectivity index is 0. The van der Waals surface area contributed by atoms with Gasteiger partial charge in [-0.2, -0.15) is 0 Å². The molecule has 0 spiro atoms. The summed E-state index contributed by atoms with van der Waals surface area (Å²) in [6.45, 7) is 5.66. The molecule has 0 heterocycles. The van der Waals surface area contributed by atoms with E-state index >= 15 is 0 Å². The molecule has 74 valence electrons. The first kappa shape index (κ1) is 13.9. The molecule has 0 rings (SSSR count). The zero-order chi connectivity index (χ0) is 10.1. The Labute approximate surface area is 74.1 Å². The molecular formula is C8H20N2O2. The lowest BCUT2D eigenvalue weighted by molar-refractivity contribution is -0.138. The summed E-state index contributed by atoms with van der Waals surface area (Å²) >= 11 is 0. The molecule has 0 aromatic carbocycles. The van der Waals surface area contributed by atoms with Crippen molar-refractivity contribution in [1.29, 1.82) is 0 Å². The van der Waals surface area contributed by atoms with Gasteiger partial charge in [0.25, 0.3) is 0 Å². The lowest BCUT2D eigenvalue weighted by Crippen LogP contribution is -2.29. The number of carbonyl (C=O) groups is 1. The molecule has 4 nitrogen and oxygen atoms in total. The minimum Gasteiger partial charge on any atom is -0.480 e. The second kappa shape index (κ2) is 8.49. The van der Waals surface area contributed by atoms with Gasteiger partial charge in [-0.15, -0.1) is 0 Å². The van der Waals surface area contributed by atoms with Crippen molar-refractivity contribution < 1.29 is 9.90 Å². The van der Waals surface area contributed by atoms with Crippen molar-refractivity contribution in [3.63, 3.8) is 0 Å². The van der Waals surface area contributed by atoms with E-state index in [9.17, 15) is 4.79 Å². The van der Waals surface area contributed by atoms with Crippen LogP contribution in [-0.2, 0) is 4.79 Å². The number of carboxylic acids is 1. The zero-order valence-corrected chi connectivity index (χ0v) is 8.29. The van der Waals surface area contributed by atoms with E-state index in [-0.39, 0.29) is 0 Å². The highest BCUT2D eigenvalue weighted by Crippen LogP contribution is 1.77. The molecule has 4 heteroatoms. The van der Waals surface area contributed by atoms with Gasteiger partial charge in [-0.05, 0) is 27.3 Å². The largest absolute Gasteiger partial charge is 0.480 e. The molecule has 0 aromatic heterocycles. The molecule has 12 heavy (non-hydrogen) atoms. The van der Waals surface area contributed by atoms with Gasteiger partial charge in [-0.3, -0.25) is 4.79 Å². The number of aliphatic carboxylic acids is 1. The third-order valence-corrected chi connectivity index (χ3v) is 1.45. The minimum atomic E-state index is -0.817. The highest BCUT2D eigenvalue weighted by Gasteiger charge is 2.04. The second-order valence-corrected chi connectivity index (χ2v) is 2.73. The SMILES string of the molecule is CCC(C)N.CNC(C)C(=O)O. The van der Waals surface area contributed by atoms with Gasteiger partial charge < -0.3 is 16.2 Å². The van der Waals surface area contributed by atoms with Crippen LogP contribution in [0.1, 0.15) is 27.2 Å². The van der Waals surface area contributed by atoms with Crippen molar-refractivity contribution in [2.75, 3.05) is 7.05 Å². The Bertz CT molecular complexity index is 116. The van der Waals surface area contributed by atoms with Crippen molar-refractivity contribution in [2.24, 2.45) is 5.73 Å². The second-order valence-electron chi connectivity index (χ2n) is 2.73. The molecule has 0 bridgehead atoms. The van der Waals surface area contributed by atoms with Crippen LogP contribution in [0, 0.1) is 0 Å². The molecule has 0 saturated heterocycles. The Morgan fingerprint density at radius 3 is 1.92 bits per heavy atom. The fourth-order valence-corrected chi connectivity index (χ4v) is 0.123. The van der Waals surface area contributed by atoms with Gasteiger partial charge in [0.1, 0.15) is 6.04 Å². The van der Waals surface area contributed by atoms with Crippen molar-refractivity contribution in [3.8, 4) is 0 Å². The molecule has 0 radical (unpaired) electrons. The van der Waals surface area contributed by atoms with Gasteiger partial charge in [0, 0.05) is 6.04 Å². The molecule has 0 saturated carbocycles. The third-order valence-electron chi connectivity index (χ3n) is 1.45. The summed E-state index contributed by atoms with van der Waals surface area (Å²) in [4.78, 5) is 9.87. The van der Waals surface area contributed by atoms with Crippen LogP contribution in [0.4, 0.5) is 0 Å². The normalized spacial score (nSPS) is 14.1. The van der Waals surface area contributed by atoms with Crippen molar-refractivity contribution >= 4 is 5.97 Å². The summed E-state index contributed by atoms with van der Waals surface area (Å²) < 4.78 is 0. The first-order valence-corrected chi connectivity index (χ1v) is 4.11. The summed E-state index contributed by atoms with van der Waals surface area (Å²) in [5.74, 6) is -0.817.